The van der Waals surface area contributed by atoms with Crippen LogP contribution in [0, 0.1) is 13.8 Å². The second-order valence-electron chi connectivity index (χ2n) is 6.21. The topological polar surface area (TPSA) is 77.0 Å². The first-order chi connectivity index (χ1) is 12.9. The Bertz CT molecular complexity index is 1060. The van der Waals surface area contributed by atoms with Crippen molar-refractivity contribution in [2.24, 2.45) is 0 Å². The summed E-state index contributed by atoms with van der Waals surface area (Å²) in [5.74, 6) is 0.171. The Labute approximate surface area is 165 Å². The predicted octanol–water partition coefficient (Wildman–Crippen LogP) is 3.62. The van der Waals surface area contributed by atoms with E-state index in [1.807, 2.05) is 19.9 Å². The van der Waals surface area contributed by atoms with Crippen molar-refractivity contribution in [1.29, 1.82) is 0 Å². The summed E-state index contributed by atoms with van der Waals surface area (Å²) in [5.41, 5.74) is 2.79. The third kappa shape index (κ3) is 4.26. The zero-order chi connectivity index (χ0) is 19.6. The van der Waals surface area contributed by atoms with Crippen LogP contribution in [0.3, 0.4) is 0 Å². The van der Waals surface area contributed by atoms with Crippen molar-refractivity contribution in [2.75, 3.05) is 19.5 Å². The number of rotatable bonds is 7. The highest BCUT2D eigenvalue weighted by atomic mass is 35.5. The number of aromatic amines is 1. The van der Waals surface area contributed by atoms with Crippen LogP contribution < -0.4 is 5.56 Å². The number of thioether (sulfide) groups is 1. The number of methoxy groups -OCH3 is 1. The molecule has 0 aliphatic heterocycles. The first-order valence-electron chi connectivity index (χ1n) is 8.42. The Morgan fingerprint density at radius 2 is 2.11 bits per heavy atom. The molecule has 2 aromatic heterocycles. The van der Waals surface area contributed by atoms with Crippen molar-refractivity contribution in [2.45, 2.75) is 25.5 Å². The number of ketones is 1. The molecule has 3 aromatic rings. The van der Waals surface area contributed by atoms with E-state index in [9.17, 15) is 9.59 Å². The molecule has 27 heavy (non-hydrogen) atoms. The zero-order valence-electron chi connectivity index (χ0n) is 15.3. The van der Waals surface area contributed by atoms with Crippen LogP contribution in [0.5, 0.6) is 0 Å². The smallest absolute Gasteiger partial charge is 0.262 e. The second kappa shape index (κ2) is 8.29. The van der Waals surface area contributed by atoms with Crippen LogP contribution in [0.25, 0.3) is 10.9 Å². The van der Waals surface area contributed by atoms with Gasteiger partial charge in [0.1, 0.15) is 0 Å². The fourth-order valence-corrected chi connectivity index (χ4v) is 3.96. The second-order valence-corrected chi connectivity index (χ2v) is 7.59. The third-order valence-corrected chi connectivity index (χ3v) is 5.40. The Hall–Kier alpha value is -2.09. The maximum Gasteiger partial charge on any atom is 0.262 e. The van der Waals surface area contributed by atoms with E-state index in [1.54, 1.807) is 29.9 Å². The Morgan fingerprint density at radius 1 is 1.33 bits per heavy atom. The van der Waals surface area contributed by atoms with E-state index in [-0.39, 0.29) is 17.1 Å². The average molecular weight is 406 g/mol. The van der Waals surface area contributed by atoms with Crippen LogP contribution in [-0.2, 0) is 11.3 Å². The van der Waals surface area contributed by atoms with Crippen LogP contribution in [0.2, 0.25) is 5.02 Å². The molecule has 0 spiro atoms. The van der Waals surface area contributed by atoms with E-state index in [0.29, 0.717) is 39.8 Å². The number of Topliss-reactive ketones (excluding diaryl/α,β-unsaturated/α-hetero) is 1. The lowest BCUT2D eigenvalue weighted by Crippen LogP contribution is -2.25. The number of ether oxygens (including phenoxy) is 1. The van der Waals surface area contributed by atoms with Crippen molar-refractivity contribution in [3.05, 3.63) is 56.6 Å². The van der Waals surface area contributed by atoms with Gasteiger partial charge in [0.2, 0.25) is 0 Å². The molecule has 0 atom stereocenters. The Morgan fingerprint density at radius 3 is 2.78 bits per heavy atom. The Balaban J connectivity index is 1.95. The molecular formula is C19H20ClN3O3S. The quantitative estimate of drug-likeness (QED) is 0.369. The lowest BCUT2D eigenvalue weighted by atomic mass is 10.2. The molecule has 0 saturated heterocycles. The molecule has 8 heteroatoms. The molecule has 0 aliphatic carbocycles. The SMILES string of the molecule is COCCn1c(SCC(=O)c2cc(C)[nH]c2C)nc2cc(Cl)ccc2c1=O. The van der Waals surface area contributed by atoms with Crippen molar-refractivity contribution < 1.29 is 9.53 Å². The number of hydrogen-bond donors (Lipinski definition) is 1. The number of nitrogens with one attached hydrogen (secondary N) is 1. The molecule has 0 saturated carbocycles. The van der Waals surface area contributed by atoms with Crippen molar-refractivity contribution in [3.63, 3.8) is 0 Å². The first kappa shape index (κ1) is 19.7. The Kier molecular flexibility index (Phi) is 6.04. The molecule has 0 unspecified atom stereocenters. The van der Waals surface area contributed by atoms with Gasteiger partial charge in [-0.2, -0.15) is 0 Å². The predicted molar refractivity (Wildman–Crippen MR) is 108 cm³/mol. The summed E-state index contributed by atoms with van der Waals surface area (Å²) in [4.78, 5) is 33.1. The summed E-state index contributed by atoms with van der Waals surface area (Å²) < 4.78 is 6.66. The zero-order valence-corrected chi connectivity index (χ0v) is 16.9. The minimum absolute atomic E-state index is 0.0134. The van der Waals surface area contributed by atoms with Crippen molar-refractivity contribution >= 4 is 40.0 Å². The molecule has 142 valence electrons. The summed E-state index contributed by atoms with van der Waals surface area (Å²) in [6.07, 6.45) is 0. The highest BCUT2D eigenvalue weighted by Crippen LogP contribution is 2.22. The largest absolute Gasteiger partial charge is 0.383 e. The van der Waals surface area contributed by atoms with Crippen molar-refractivity contribution in [1.82, 2.24) is 14.5 Å². The van der Waals surface area contributed by atoms with Gasteiger partial charge in [-0.05, 0) is 38.1 Å². The fraction of sp³-hybridized carbons (Fsp3) is 0.316. The van der Waals surface area contributed by atoms with Gasteiger partial charge in [-0.25, -0.2) is 4.98 Å². The molecular weight excluding hydrogens is 386 g/mol. The number of halogens is 1. The lowest BCUT2D eigenvalue weighted by Gasteiger charge is -2.12. The molecule has 0 radical (unpaired) electrons. The fourth-order valence-electron chi connectivity index (χ4n) is 2.89. The maximum absolute atomic E-state index is 12.9. The standard InChI is InChI=1S/C19H20ClN3O3S/c1-11-8-15(12(2)21-11)17(24)10-27-19-22-16-9-13(20)4-5-14(16)18(25)23(19)6-7-26-3/h4-5,8-9,21H,6-7,10H2,1-3H3. The van der Waals surface area contributed by atoms with Gasteiger partial charge >= 0.3 is 0 Å². The third-order valence-electron chi connectivity index (χ3n) is 4.18. The van der Waals surface area contributed by atoms with Crippen LogP contribution in [-0.4, -0.2) is 39.8 Å². The van der Waals surface area contributed by atoms with Gasteiger partial charge in [0.25, 0.3) is 5.56 Å². The van der Waals surface area contributed by atoms with E-state index >= 15 is 0 Å². The highest BCUT2D eigenvalue weighted by molar-refractivity contribution is 7.99. The van der Waals surface area contributed by atoms with Crippen LogP contribution in [0.1, 0.15) is 21.7 Å². The number of H-pyrrole nitrogens is 1. The lowest BCUT2D eigenvalue weighted by molar-refractivity contribution is 0.102. The molecule has 0 amide bonds. The van der Waals surface area contributed by atoms with E-state index in [0.717, 1.165) is 11.4 Å². The average Bonchev–Trinajstić information content (AvgIpc) is 2.97. The number of benzene rings is 1. The summed E-state index contributed by atoms with van der Waals surface area (Å²) in [6.45, 7) is 4.52. The minimum Gasteiger partial charge on any atom is -0.383 e. The summed E-state index contributed by atoms with van der Waals surface area (Å²) in [6, 6.07) is 6.83. The van der Waals surface area contributed by atoms with Crippen LogP contribution >= 0.6 is 23.4 Å². The summed E-state index contributed by atoms with van der Waals surface area (Å²) in [7, 11) is 1.58. The van der Waals surface area contributed by atoms with Crippen LogP contribution in [0.4, 0.5) is 0 Å². The van der Waals surface area contributed by atoms with E-state index in [1.165, 1.54) is 11.8 Å². The van der Waals surface area contributed by atoms with Crippen molar-refractivity contribution in [3.8, 4) is 0 Å². The molecule has 1 aromatic carbocycles. The monoisotopic (exact) mass is 405 g/mol. The summed E-state index contributed by atoms with van der Waals surface area (Å²) in [5, 5.41) is 1.47. The van der Waals surface area contributed by atoms with E-state index in [4.69, 9.17) is 16.3 Å². The van der Waals surface area contributed by atoms with E-state index in [2.05, 4.69) is 9.97 Å². The number of aromatic nitrogens is 3. The molecule has 0 fully saturated rings. The number of carbonyl (C=O) groups excluding carboxylic acids is 1. The molecule has 0 aliphatic rings. The van der Waals surface area contributed by atoms with Crippen LogP contribution in [0.15, 0.2) is 34.2 Å². The van der Waals surface area contributed by atoms with Gasteiger partial charge in [0, 0.05) is 29.1 Å². The summed E-state index contributed by atoms with van der Waals surface area (Å²) >= 11 is 7.28. The van der Waals surface area contributed by atoms with Gasteiger partial charge in [-0.3, -0.25) is 14.2 Å². The first-order valence-corrected chi connectivity index (χ1v) is 9.78. The van der Waals surface area contributed by atoms with Gasteiger partial charge in [0.05, 0.1) is 29.8 Å². The molecule has 2 heterocycles. The molecule has 0 bridgehead atoms. The molecule has 3 rings (SSSR count). The van der Waals surface area contributed by atoms with Gasteiger partial charge in [-0.1, -0.05) is 23.4 Å². The normalized spacial score (nSPS) is 11.3. The maximum atomic E-state index is 12.9. The molecule has 1 N–H and O–H groups in total. The number of hydrogen-bond acceptors (Lipinski definition) is 5. The minimum atomic E-state index is -0.169. The highest BCUT2D eigenvalue weighted by Gasteiger charge is 2.16. The van der Waals surface area contributed by atoms with E-state index < -0.39 is 0 Å². The number of aryl methyl sites for hydroxylation is 2. The van der Waals surface area contributed by atoms with Gasteiger partial charge in [0.15, 0.2) is 10.9 Å². The number of carbonyl (C=O) groups is 1. The van der Waals surface area contributed by atoms with Gasteiger partial charge in [-0.15, -0.1) is 0 Å². The number of nitrogens with zero attached hydrogens (tertiary/aromatic N) is 2. The van der Waals surface area contributed by atoms with Gasteiger partial charge < -0.3 is 9.72 Å². The molecule has 6 nitrogen and oxygen atoms in total. The number of fused-ring (bicyclic) bond motifs is 1.